The number of hydrogen-bond donors (Lipinski definition) is 0. The lowest BCUT2D eigenvalue weighted by Gasteiger charge is -1.99. The van der Waals surface area contributed by atoms with Gasteiger partial charge in [0.15, 0.2) is 4.30 Å². The molecule has 2 aromatic carbocycles. The van der Waals surface area contributed by atoms with E-state index in [0.717, 1.165) is 11.4 Å². The number of halogens is 3. The van der Waals surface area contributed by atoms with Gasteiger partial charge in [-0.05, 0) is 38.1 Å². The summed E-state index contributed by atoms with van der Waals surface area (Å²) in [5.74, 6) is 0. The van der Waals surface area contributed by atoms with Crippen molar-refractivity contribution in [3.8, 4) is 22.5 Å². The van der Waals surface area contributed by atoms with Gasteiger partial charge in [0.2, 0.25) is 0 Å². The molecule has 0 radical (unpaired) electrons. The van der Waals surface area contributed by atoms with E-state index >= 15 is 0 Å². The molecule has 0 saturated carbocycles. The minimum Gasteiger partial charge on any atom is -0.256 e. The van der Waals surface area contributed by atoms with Gasteiger partial charge in [0.1, 0.15) is 0 Å². The fourth-order valence-electron chi connectivity index (χ4n) is 2.52. The molecule has 0 spiro atoms. The predicted octanol–water partition coefficient (Wildman–Crippen LogP) is 8.10. The number of alkyl halides is 3. The molecule has 2 heterocycles. The van der Waals surface area contributed by atoms with E-state index in [-0.39, 0.29) is 0 Å². The molecule has 0 N–H and O–H groups in total. The number of rotatable bonds is 2. The Labute approximate surface area is 193 Å². The maximum atomic E-state index is 4.81. The first-order valence-electron chi connectivity index (χ1n) is 9.34. The molecule has 0 aliphatic carbocycles. The molecule has 0 unspecified atom stereocenters. The van der Waals surface area contributed by atoms with Crippen molar-refractivity contribution < 1.29 is 0 Å². The second kappa shape index (κ2) is 13.0. The van der Waals surface area contributed by atoms with Crippen molar-refractivity contribution in [1.82, 2.24) is 9.97 Å². The highest BCUT2D eigenvalue weighted by atomic mass is 35.6. The zero-order chi connectivity index (χ0) is 21.8. The van der Waals surface area contributed by atoms with Crippen molar-refractivity contribution in [3.63, 3.8) is 0 Å². The highest BCUT2D eigenvalue weighted by molar-refractivity contribution is 6.63. The Bertz CT molecular complexity index is 889. The second-order valence-electron chi connectivity index (χ2n) is 6.41. The van der Waals surface area contributed by atoms with Gasteiger partial charge in [-0.3, -0.25) is 9.97 Å². The van der Waals surface area contributed by atoms with E-state index in [1.54, 1.807) is 0 Å². The largest absolute Gasteiger partial charge is 0.256 e. The van der Waals surface area contributed by atoms with Crippen LogP contribution in [-0.4, -0.2) is 14.3 Å². The van der Waals surface area contributed by atoms with E-state index in [1.807, 2.05) is 48.8 Å². The highest BCUT2D eigenvalue weighted by Crippen LogP contribution is 2.17. The van der Waals surface area contributed by atoms with Gasteiger partial charge in [-0.2, -0.15) is 0 Å². The Morgan fingerprint density at radius 2 is 0.867 bits per heavy atom. The zero-order valence-corrected chi connectivity index (χ0v) is 19.1. The van der Waals surface area contributed by atoms with Crippen LogP contribution in [-0.2, 0) is 0 Å². The van der Waals surface area contributed by atoms with Gasteiger partial charge >= 0.3 is 0 Å². The van der Waals surface area contributed by atoms with Crippen LogP contribution in [0.4, 0.5) is 0 Å². The lowest BCUT2D eigenvalue weighted by atomic mass is 10.1. The molecule has 30 heavy (non-hydrogen) atoms. The lowest BCUT2D eigenvalue weighted by molar-refractivity contribution is 1.32. The molecular weight excluding hydrogens is 435 g/mol. The quantitative estimate of drug-likeness (QED) is 0.284. The van der Waals surface area contributed by atoms with Crippen molar-refractivity contribution in [2.24, 2.45) is 0 Å². The lowest BCUT2D eigenvalue weighted by Crippen LogP contribution is -1.81. The van der Waals surface area contributed by atoms with Crippen molar-refractivity contribution in [2.75, 3.05) is 0 Å². The number of aromatic nitrogens is 2. The number of benzene rings is 2. The van der Waals surface area contributed by atoms with Crippen molar-refractivity contribution in [1.29, 1.82) is 0 Å². The molecule has 0 aliphatic heterocycles. The molecule has 2 aromatic heterocycles. The smallest absolute Gasteiger partial charge is 0.180 e. The normalized spacial score (nSPS) is 9.80. The summed E-state index contributed by atoms with van der Waals surface area (Å²) in [6.45, 7) is 4.17. The van der Waals surface area contributed by atoms with E-state index in [0.29, 0.717) is 0 Å². The summed E-state index contributed by atoms with van der Waals surface area (Å²) in [4.78, 5) is 8.56. The first kappa shape index (κ1) is 23.9. The second-order valence-corrected chi connectivity index (χ2v) is 8.39. The van der Waals surface area contributed by atoms with Gasteiger partial charge in [-0.25, -0.2) is 0 Å². The molecule has 2 nitrogen and oxygen atoms in total. The van der Waals surface area contributed by atoms with Crippen molar-refractivity contribution >= 4 is 34.8 Å². The molecule has 4 aromatic rings. The molecule has 0 aliphatic rings. The average molecular weight is 458 g/mol. The minimum atomic E-state index is -0.750. The summed E-state index contributed by atoms with van der Waals surface area (Å²) in [6, 6.07) is 28.7. The van der Waals surface area contributed by atoms with Crippen LogP contribution in [0, 0.1) is 13.8 Å². The van der Waals surface area contributed by atoms with Crippen LogP contribution in [0.2, 0.25) is 0 Å². The van der Waals surface area contributed by atoms with Gasteiger partial charge in [0, 0.05) is 23.5 Å². The van der Waals surface area contributed by atoms with Gasteiger partial charge in [-0.1, -0.05) is 107 Å². The molecule has 0 saturated heterocycles. The first-order valence-corrected chi connectivity index (χ1v) is 10.6. The van der Waals surface area contributed by atoms with Crippen LogP contribution in [0.25, 0.3) is 22.5 Å². The van der Waals surface area contributed by atoms with E-state index in [1.165, 1.54) is 22.3 Å². The highest BCUT2D eigenvalue weighted by Gasteiger charge is 1.96. The SMILES string of the molecule is Cc1ccc(-c2ccccn2)cc1.Cc1ccc(-c2ccccn2)cc1.ClC(Cl)Cl. The summed E-state index contributed by atoms with van der Waals surface area (Å²) in [5.41, 5.74) is 6.96. The van der Waals surface area contributed by atoms with Crippen molar-refractivity contribution in [2.45, 2.75) is 18.1 Å². The summed E-state index contributed by atoms with van der Waals surface area (Å²) < 4.78 is -0.750. The van der Waals surface area contributed by atoms with Crippen LogP contribution in [0.1, 0.15) is 11.1 Å². The Balaban J connectivity index is 0.000000182. The van der Waals surface area contributed by atoms with Crippen LogP contribution < -0.4 is 0 Å². The Hall–Kier alpha value is -2.39. The monoisotopic (exact) mass is 456 g/mol. The fraction of sp³-hybridized carbons (Fsp3) is 0.120. The molecule has 0 fully saturated rings. The molecule has 4 rings (SSSR count). The van der Waals surface area contributed by atoms with E-state index < -0.39 is 4.30 Å². The zero-order valence-electron chi connectivity index (χ0n) is 16.8. The van der Waals surface area contributed by atoms with Gasteiger partial charge in [0.05, 0.1) is 11.4 Å². The number of nitrogens with zero attached hydrogens (tertiary/aromatic N) is 2. The predicted molar refractivity (Wildman–Crippen MR) is 130 cm³/mol. The van der Waals surface area contributed by atoms with Crippen LogP contribution >= 0.6 is 34.8 Å². The number of pyridine rings is 2. The maximum Gasteiger partial charge on any atom is 0.180 e. The van der Waals surface area contributed by atoms with Gasteiger partial charge in [0.25, 0.3) is 0 Å². The third-order valence-electron chi connectivity index (χ3n) is 4.02. The van der Waals surface area contributed by atoms with Gasteiger partial charge in [-0.15, -0.1) is 0 Å². The van der Waals surface area contributed by atoms with Crippen LogP contribution in [0.5, 0.6) is 0 Å². The van der Waals surface area contributed by atoms with E-state index in [9.17, 15) is 0 Å². The third kappa shape index (κ3) is 8.96. The van der Waals surface area contributed by atoms with Gasteiger partial charge < -0.3 is 0 Å². The average Bonchev–Trinajstić information content (AvgIpc) is 2.76. The summed E-state index contributed by atoms with van der Waals surface area (Å²) in [7, 11) is 0. The summed E-state index contributed by atoms with van der Waals surface area (Å²) in [6.07, 6.45) is 3.63. The Morgan fingerprint density at radius 3 is 1.13 bits per heavy atom. The Morgan fingerprint density at radius 1 is 0.533 bits per heavy atom. The molecular formula is C25H23Cl3N2. The maximum absolute atomic E-state index is 4.81. The molecule has 154 valence electrons. The standard InChI is InChI=1S/2C12H11N.CHCl3/c2*1-10-5-7-11(8-6-10)12-4-2-3-9-13-12;2-1(3)4/h2*2-9H,1H3;1H. The topological polar surface area (TPSA) is 25.8 Å². The van der Waals surface area contributed by atoms with Crippen LogP contribution in [0.15, 0.2) is 97.3 Å². The molecule has 5 heteroatoms. The van der Waals surface area contributed by atoms with Crippen LogP contribution in [0.3, 0.4) is 0 Å². The van der Waals surface area contributed by atoms with E-state index in [2.05, 4.69) is 72.3 Å². The van der Waals surface area contributed by atoms with Crippen molar-refractivity contribution in [3.05, 3.63) is 108 Å². The first-order chi connectivity index (χ1) is 14.5. The minimum absolute atomic E-state index is 0.750. The summed E-state index contributed by atoms with van der Waals surface area (Å²) >= 11 is 14.4. The fourth-order valence-corrected chi connectivity index (χ4v) is 2.52. The molecule has 0 amide bonds. The van der Waals surface area contributed by atoms with E-state index in [4.69, 9.17) is 34.8 Å². The number of aryl methyl sites for hydroxylation is 2. The number of hydrogen-bond acceptors (Lipinski definition) is 2. The Kier molecular flexibility index (Phi) is 10.4. The molecule has 0 bridgehead atoms. The summed E-state index contributed by atoms with van der Waals surface area (Å²) in [5, 5.41) is 0. The third-order valence-corrected chi connectivity index (χ3v) is 4.02. The molecule has 0 atom stereocenters.